The quantitative estimate of drug-likeness (QED) is 0.559. The second-order valence-electron chi connectivity index (χ2n) is 3.81. The minimum atomic E-state index is -4.67. The van der Waals surface area contributed by atoms with Crippen molar-refractivity contribution in [1.82, 2.24) is 4.58 Å². The van der Waals surface area contributed by atoms with Crippen molar-refractivity contribution in [1.29, 1.82) is 0 Å². The summed E-state index contributed by atoms with van der Waals surface area (Å²) in [5, 5.41) is 3.98. The van der Waals surface area contributed by atoms with Gasteiger partial charge in [-0.25, -0.2) is 9.37 Å². The SMILES string of the molecule is O=C(O[Cl+3]([O-])([O-])[O-])C1CC[N+](=c2sccs2)CC1. The molecule has 0 aliphatic carbocycles. The molecule has 0 bridgehead atoms. The van der Waals surface area contributed by atoms with Crippen molar-refractivity contribution in [3.8, 4) is 0 Å². The largest absolute Gasteiger partial charge is 0.466 e. The third-order valence-corrected chi connectivity index (χ3v) is 5.20. The topological polar surface area (TPSA) is 98.5 Å². The Morgan fingerprint density at radius 2 is 1.83 bits per heavy atom. The number of carbonyl (C=O) groups is 1. The van der Waals surface area contributed by atoms with Gasteiger partial charge in [-0.15, -0.1) is 0 Å². The Morgan fingerprint density at radius 1 is 1.28 bits per heavy atom. The molecule has 0 aromatic carbocycles. The van der Waals surface area contributed by atoms with Crippen molar-refractivity contribution >= 4 is 28.6 Å². The number of carbonyl (C=O) groups excluding carboxylic acids is 1. The van der Waals surface area contributed by atoms with Crippen LogP contribution in [0.2, 0.25) is 0 Å². The molecule has 18 heavy (non-hydrogen) atoms. The molecule has 9 heteroatoms. The van der Waals surface area contributed by atoms with Crippen LogP contribution in [0.4, 0.5) is 0 Å². The zero-order chi connectivity index (χ0) is 13.2. The molecular formula is C9H11ClNO5S2+. The lowest BCUT2D eigenvalue weighted by atomic mass is 9.98. The number of halogens is 1. The molecule has 2 heterocycles. The van der Waals surface area contributed by atoms with Crippen molar-refractivity contribution < 1.29 is 33.3 Å². The highest BCUT2D eigenvalue weighted by Gasteiger charge is 2.37. The van der Waals surface area contributed by atoms with Crippen molar-refractivity contribution in [2.24, 2.45) is 5.92 Å². The number of piperidine rings is 1. The zero-order valence-corrected chi connectivity index (χ0v) is 11.6. The van der Waals surface area contributed by atoms with Crippen LogP contribution in [0.3, 0.4) is 0 Å². The van der Waals surface area contributed by atoms with Gasteiger partial charge in [-0.1, -0.05) is 22.7 Å². The molecule has 0 N–H and O–H groups in total. The van der Waals surface area contributed by atoms with Gasteiger partial charge in [-0.05, 0) is 4.29 Å². The van der Waals surface area contributed by atoms with E-state index in [1.54, 1.807) is 22.7 Å². The Hall–Kier alpha value is -0.510. The van der Waals surface area contributed by atoms with Crippen LogP contribution in [0.25, 0.3) is 0 Å². The average molecular weight is 313 g/mol. The maximum atomic E-state index is 11.4. The third kappa shape index (κ3) is 3.74. The molecule has 0 radical (unpaired) electrons. The van der Waals surface area contributed by atoms with E-state index in [1.165, 1.54) is 0 Å². The minimum absolute atomic E-state index is 0.495. The Bertz CT molecular complexity index is 465. The van der Waals surface area contributed by atoms with Crippen LogP contribution in [0.5, 0.6) is 0 Å². The fourth-order valence-electron chi connectivity index (χ4n) is 1.80. The van der Waals surface area contributed by atoms with Crippen LogP contribution in [0.15, 0.2) is 10.8 Å². The summed E-state index contributed by atoms with van der Waals surface area (Å²) in [5.74, 6) is -1.45. The summed E-state index contributed by atoms with van der Waals surface area (Å²) < 4.78 is 38.1. The molecule has 100 valence electrons. The van der Waals surface area contributed by atoms with E-state index in [0.717, 1.165) is 3.98 Å². The Morgan fingerprint density at radius 3 is 2.33 bits per heavy atom. The van der Waals surface area contributed by atoms with Gasteiger partial charge in [0, 0.05) is 23.6 Å². The van der Waals surface area contributed by atoms with Crippen molar-refractivity contribution in [2.45, 2.75) is 12.8 Å². The van der Waals surface area contributed by atoms with Gasteiger partial charge in [0.15, 0.2) is 0 Å². The van der Waals surface area contributed by atoms with E-state index < -0.39 is 22.1 Å². The van der Waals surface area contributed by atoms with Crippen LogP contribution in [0, 0.1) is 16.2 Å². The molecule has 1 aromatic rings. The second-order valence-corrected chi connectivity index (χ2v) is 6.77. The van der Waals surface area contributed by atoms with E-state index >= 15 is 0 Å². The first-order valence-corrected chi connectivity index (χ1v) is 8.19. The number of rotatable bonds is 2. The van der Waals surface area contributed by atoms with E-state index in [9.17, 15) is 18.8 Å². The van der Waals surface area contributed by atoms with Gasteiger partial charge in [0.1, 0.15) is 23.3 Å². The molecule has 1 fully saturated rings. The molecule has 0 unspecified atom stereocenters. The Labute approximate surface area is 113 Å². The van der Waals surface area contributed by atoms with Gasteiger partial charge in [0.2, 0.25) is 0 Å². The smallest absolute Gasteiger partial charge is 0.234 e. The van der Waals surface area contributed by atoms with E-state index in [0.29, 0.717) is 25.9 Å². The summed E-state index contributed by atoms with van der Waals surface area (Å²) >= 11 is 3.26. The van der Waals surface area contributed by atoms with Gasteiger partial charge >= 0.3 is 9.95 Å². The molecular weight excluding hydrogens is 302 g/mol. The number of hydrogen-bond donors (Lipinski definition) is 0. The van der Waals surface area contributed by atoms with E-state index in [-0.39, 0.29) is 0 Å². The molecule has 2 rings (SSSR count). The Kier molecular flexibility index (Phi) is 4.36. The lowest BCUT2D eigenvalue weighted by Crippen LogP contribution is -2.62. The summed E-state index contributed by atoms with van der Waals surface area (Å²) in [7, 11) is -4.67. The van der Waals surface area contributed by atoms with Gasteiger partial charge in [0.05, 0.1) is 5.92 Å². The standard InChI is InChI=1S/C9H11ClNO5S2/c12-8(16-10(13,14)15)7-1-3-11(4-2-7)9-17-5-6-18-9/h5-7H,1-4H2/q+1. The predicted molar refractivity (Wildman–Crippen MR) is 56.0 cm³/mol. The summed E-state index contributed by atoms with van der Waals surface area (Å²) in [6, 6.07) is 0. The van der Waals surface area contributed by atoms with E-state index in [4.69, 9.17) is 0 Å². The van der Waals surface area contributed by atoms with Crippen molar-refractivity contribution in [3.05, 3.63) is 14.7 Å². The minimum Gasteiger partial charge on any atom is -0.234 e. The van der Waals surface area contributed by atoms with Crippen molar-refractivity contribution in [3.63, 3.8) is 0 Å². The van der Waals surface area contributed by atoms with Crippen LogP contribution < -0.4 is 22.5 Å². The first kappa shape index (κ1) is 13.9. The second kappa shape index (κ2) is 5.64. The highest BCUT2D eigenvalue weighted by atomic mass is 35.7. The van der Waals surface area contributed by atoms with Gasteiger partial charge in [-0.3, -0.25) is 0 Å². The van der Waals surface area contributed by atoms with Gasteiger partial charge < -0.3 is 0 Å². The van der Waals surface area contributed by atoms with Crippen LogP contribution in [-0.4, -0.2) is 19.1 Å². The summed E-state index contributed by atoms with van der Waals surface area (Å²) in [6.45, 7) is 1.32. The zero-order valence-electron chi connectivity index (χ0n) is 9.24. The fourth-order valence-corrected chi connectivity index (χ4v) is 4.01. The van der Waals surface area contributed by atoms with Gasteiger partial charge in [0.25, 0.3) is 0 Å². The number of hydrogen-bond acceptors (Lipinski definition) is 7. The molecule has 1 saturated heterocycles. The molecule has 0 spiro atoms. The fraction of sp³-hybridized carbons (Fsp3) is 0.556. The molecule has 1 aromatic heterocycles. The van der Waals surface area contributed by atoms with Crippen molar-refractivity contribution in [2.75, 3.05) is 13.1 Å². The third-order valence-electron chi connectivity index (χ3n) is 2.65. The lowest BCUT2D eigenvalue weighted by molar-refractivity contribution is -1.92. The van der Waals surface area contributed by atoms with Crippen LogP contribution >= 0.6 is 22.7 Å². The molecule has 1 aliphatic rings. The van der Waals surface area contributed by atoms with Crippen LogP contribution in [0.1, 0.15) is 12.8 Å². The van der Waals surface area contributed by atoms with Gasteiger partial charge in [-0.2, -0.15) is 14.0 Å². The molecule has 0 saturated carbocycles. The molecule has 0 atom stereocenters. The van der Waals surface area contributed by atoms with E-state index in [1.807, 2.05) is 10.8 Å². The predicted octanol–water partition coefficient (Wildman–Crippen LogP) is -2.57. The normalized spacial score (nSPS) is 20.8. The molecule has 6 nitrogen and oxygen atoms in total. The maximum Gasteiger partial charge on any atom is 0.466 e. The molecule has 1 aliphatic heterocycles. The summed E-state index contributed by atoms with van der Waals surface area (Å²) in [4.78, 5) is 11.4. The summed E-state index contributed by atoms with van der Waals surface area (Å²) in [5.41, 5.74) is 0. The first-order chi connectivity index (χ1) is 8.46. The van der Waals surface area contributed by atoms with E-state index in [2.05, 4.69) is 8.86 Å². The Balaban J connectivity index is 1.95. The monoisotopic (exact) mass is 312 g/mol. The lowest BCUT2D eigenvalue weighted by Gasteiger charge is -2.18. The van der Waals surface area contributed by atoms with Crippen LogP contribution in [-0.2, 0) is 9.08 Å². The average Bonchev–Trinajstić information content (AvgIpc) is 2.80. The highest BCUT2D eigenvalue weighted by molar-refractivity contribution is 7.24. The summed E-state index contributed by atoms with van der Waals surface area (Å²) in [6.07, 6.45) is 0.989. The molecule has 0 amide bonds. The first-order valence-electron chi connectivity index (χ1n) is 5.20. The maximum absolute atomic E-state index is 11.4. The number of nitrogens with zero attached hydrogens (tertiary/aromatic N) is 1. The highest BCUT2D eigenvalue weighted by Crippen LogP contribution is 2.16.